The molecule has 1 unspecified atom stereocenters. The monoisotopic (exact) mass is 243 g/mol. The molecule has 98 valence electrons. The second-order valence-electron chi connectivity index (χ2n) is 4.45. The van der Waals surface area contributed by atoms with Crippen molar-refractivity contribution in [3.63, 3.8) is 0 Å². The number of carbonyl (C=O) groups is 2. The number of nitrogens with one attached hydrogen (secondary N) is 3. The Kier molecular flexibility index (Phi) is 5.76. The number of hydrogen-bond donors (Lipinski definition) is 4. The van der Waals surface area contributed by atoms with E-state index in [0.29, 0.717) is 13.0 Å². The van der Waals surface area contributed by atoms with Gasteiger partial charge in [0.1, 0.15) is 0 Å². The van der Waals surface area contributed by atoms with Crippen molar-refractivity contribution in [2.24, 2.45) is 5.92 Å². The van der Waals surface area contributed by atoms with E-state index in [1.807, 2.05) is 0 Å². The van der Waals surface area contributed by atoms with Crippen LogP contribution in [-0.4, -0.2) is 42.8 Å². The maximum atomic E-state index is 11.5. The number of carbonyl (C=O) groups excluding carboxylic acids is 1. The van der Waals surface area contributed by atoms with Crippen molar-refractivity contribution in [1.82, 2.24) is 16.0 Å². The highest BCUT2D eigenvalue weighted by Crippen LogP contribution is 2.02. The number of aliphatic carboxylic acids is 1. The summed E-state index contributed by atoms with van der Waals surface area (Å²) in [5.74, 6) is -1.25. The molecule has 0 aliphatic carbocycles. The molecular weight excluding hydrogens is 222 g/mol. The number of piperidine rings is 1. The van der Waals surface area contributed by atoms with E-state index < -0.39 is 11.9 Å². The van der Waals surface area contributed by atoms with Crippen molar-refractivity contribution in [1.29, 1.82) is 0 Å². The maximum Gasteiger partial charge on any atom is 0.315 e. The van der Waals surface area contributed by atoms with Crippen LogP contribution in [0.15, 0.2) is 0 Å². The van der Waals surface area contributed by atoms with E-state index >= 15 is 0 Å². The summed E-state index contributed by atoms with van der Waals surface area (Å²) in [4.78, 5) is 22.0. The second kappa shape index (κ2) is 7.11. The van der Waals surface area contributed by atoms with Gasteiger partial charge in [-0.3, -0.25) is 4.79 Å². The first-order chi connectivity index (χ1) is 8.09. The van der Waals surface area contributed by atoms with E-state index in [4.69, 9.17) is 5.11 Å². The lowest BCUT2D eigenvalue weighted by Gasteiger charge is -2.23. The summed E-state index contributed by atoms with van der Waals surface area (Å²) in [7, 11) is 0. The first kappa shape index (κ1) is 13.8. The highest BCUT2D eigenvalue weighted by Gasteiger charge is 2.15. The van der Waals surface area contributed by atoms with Gasteiger partial charge in [-0.1, -0.05) is 6.92 Å². The van der Waals surface area contributed by atoms with Gasteiger partial charge in [-0.25, -0.2) is 4.79 Å². The van der Waals surface area contributed by atoms with Gasteiger partial charge in [0.05, 0.1) is 5.92 Å². The van der Waals surface area contributed by atoms with Crippen LogP contribution in [0.3, 0.4) is 0 Å². The largest absolute Gasteiger partial charge is 0.481 e. The van der Waals surface area contributed by atoms with Gasteiger partial charge in [0.2, 0.25) is 0 Å². The minimum atomic E-state index is -0.828. The molecule has 4 N–H and O–H groups in total. The number of rotatable bonds is 5. The van der Waals surface area contributed by atoms with Gasteiger partial charge >= 0.3 is 12.0 Å². The number of carboxylic acids is 1. The summed E-state index contributed by atoms with van der Waals surface area (Å²) < 4.78 is 0. The molecule has 0 radical (unpaired) electrons. The van der Waals surface area contributed by atoms with Crippen molar-refractivity contribution in [3.05, 3.63) is 0 Å². The average molecular weight is 243 g/mol. The van der Waals surface area contributed by atoms with E-state index in [2.05, 4.69) is 16.0 Å². The minimum absolute atomic E-state index is 0.200. The third kappa shape index (κ3) is 5.53. The molecule has 1 heterocycles. The summed E-state index contributed by atoms with van der Waals surface area (Å²) in [5, 5.41) is 17.5. The summed E-state index contributed by atoms with van der Waals surface area (Å²) in [5.41, 5.74) is 0. The van der Waals surface area contributed by atoms with Gasteiger partial charge in [-0.15, -0.1) is 0 Å². The fraction of sp³-hybridized carbons (Fsp3) is 0.818. The van der Waals surface area contributed by atoms with Crippen LogP contribution in [0.1, 0.15) is 26.2 Å². The molecule has 0 saturated carbocycles. The molecule has 0 aromatic heterocycles. The fourth-order valence-electron chi connectivity index (χ4n) is 1.73. The first-order valence-electron chi connectivity index (χ1n) is 6.07. The van der Waals surface area contributed by atoms with E-state index in [1.165, 1.54) is 0 Å². The van der Waals surface area contributed by atoms with Crippen LogP contribution in [0.25, 0.3) is 0 Å². The van der Waals surface area contributed by atoms with E-state index in [-0.39, 0.29) is 12.1 Å². The lowest BCUT2D eigenvalue weighted by Crippen LogP contribution is -2.47. The average Bonchev–Trinajstić information content (AvgIpc) is 2.30. The Morgan fingerprint density at radius 1 is 1.41 bits per heavy atom. The molecule has 0 aromatic carbocycles. The number of amides is 2. The van der Waals surface area contributed by atoms with E-state index in [1.54, 1.807) is 6.92 Å². The van der Waals surface area contributed by atoms with Crippen molar-refractivity contribution in [3.8, 4) is 0 Å². The lowest BCUT2D eigenvalue weighted by molar-refractivity contribution is -0.141. The summed E-state index contributed by atoms with van der Waals surface area (Å²) in [6.07, 6.45) is 2.34. The number of urea groups is 1. The molecule has 0 spiro atoms. The van der Waals surface area contributed by atoms with E-state index in [0.717, 1.165) is 25.9 Å². The quantitative estimate of drug-likeness (QED) is 0.553. The molecule has 2 amide bonds. The SMILES string of the molecule is CC(CCNC(=O)NC1CCNCC1)C(=O)O. The first-order valence-corrected chi connectivity index (χ1v) is 6.07. The zero-order chi connectivity index (χ0) is 12.7. The number of carboxylic acid groups (broad SMARTS) is 1. The van der Waals surface area contributed by atoms with Gasteiger partial charge in [0, 0.05) is 12.6 Å². The highest BCUT2D eigenvalue weighted by molar-refractivity contribution is 5.74. The van der Waals surface area contributed by atoms with Crippen molar-refractivity contribution >= 4 is 12.0 Å². The van der Waals surface area contributed by atoms with Gasteiger partial charge in [-0.2, -0.15) is 0 Å². The molecule has 1 fully saturated rings. The predicted octanol–water partition coefficient (Wildman–Crippen LogP) is 0.148. The van der Waals surface area contributed by atoms with Crippen LogP contribution in [0, 0.1) is 5.92 Å². The topological polar surface area (TPSA) is 90.5 Å². The molecule has 0 aromatic rings. The zero-order valence-corrected chi connectivity index (χ0v) is 10.2. The lowest BCUT2D eigenvalue weighted by atomic mass is 10.1. The third-order valence-corrected chi connectivity index (χ3v) is 2.96. The summed E-state index contributed by atoms with van der Waals surface area (Å²) in [6.45, 7) is 3.89. The molecular formula is C11H21N3O3. The Balaban J connectivity index is 2.10. The molecule has 6 heteroatoms. The maximum absolute atomic E-state index is 11.5. The van der Waals surface area contributed by atoms with Crippen molar-refractivity contribution in [2.45, 2.75) is 32.2 Å². The molecule has 1 aliphatic rings. The molecule has 1 aliphatic heterocycles. The normalized spacial score (nSPS) is 18.4. The number of hydrogen-bond acceptors (Lipinski definition) is 3. The Morgan fingerprint density at radius 2 is 2.06 bits per heavy atom. The molecule has 1 atom stereocenters. The highest BCUT2D eigenvalue weighted by atomic mass is 16.4. The van der Waals surface area contributed by atoms with Gasteiger partial charge < -0.3 is 21.1 Å². The van der Waals surface area contributed by atoms with Crippen LogP contribution in [0.5, 0.6) is 0 Å². The van der Waals surface area contributed by atoms with Crippen LogP contribution in [0.4, 0.5) is 4.79 Å². The van der Waals surface area contributed by atoms with Crippen molar-refractivity contribution < 1.29 is 14.7 Å². The molecule has 6 nitrogen and oxygen atoms in total. The molecule has 1 rings (SSSR count). The van der Waals surface area contributed by atoms with Crippen LogP contribution >= 0.6 is 0 Å². The summed E-state index contributed by atoms with van der Waals surface area (Å²) >= 11 is 0. The summed E-state index contributed by atoms with van der Waals surface area (Å²) in [6, 6.07) is 0.0302. The van der Waals surface area contributed by atoms with Crippen LogP contribution in [0.2, 0.25) is 0 Å². The standard InChI is InChI=1S/C11H21N3O3/c1-8(10(15)16)2-7-13-11(17)14-9-3-5-12-6-4-9/h8-9,12H,2-7H2,1H3,(H,15,16)(H2,13,14,17). The predicted molar refractivity (Wildman–Crippen MR) is 63.8 cm³/mol. The fourth-order valence-corrected chi connectivity index (χ4v) is 1.73. The molecule has 0 bridgehead atoms. The van der Waals surface area contributed by atoms with E-state index in [9.17, 15) is 9.59 Å². The Labute approximate surface area is 101 Å². The van der Waals surface area contributed by atoms with Gasteiger partial charge in [0.25, 0.3) is 0 Å². The second-order valence-corrected chi connectivity index (χ2v) is 4.45. The van der Waals surface area contributed by atoms with Crippen molar-refractivity contribution in [2.75, 3.05) is 19.6 Å². The van der Waals surface area contributed by atoms with Gasteiger partial charge in [0.15, 0.2) is 0 Å². The molecule has 17 heavy (non-hydrogen) atoms. The van der Waals surface area contributed by atoms with Crippen LogP contribution < -0.4 is 16.0 Å². The minimum Gasteiger partial charge on any atom is -0.481 e. The smallest absolute Gasteiger partial charge is 0.315 e. The third-order valence-electron chi connectivity index (χ3n) is 2.96. The van der Waals surface area contributed by atoms with Gasteiger partial charge in [-0.05, 0) is 32.4 Å². The molecule has 1 saturated heterocycles. The van der Waals surface area contributed by atoms with Crippen LogP contribution in [-0.2, 0) is 4.79 Å². The zero-order valence-electron chi connectivity index (χ0n) is 10.2. The Bertz CT molecular complexity index is 265. The Hall–Kier alpha value is -1.30. The Morgan fingerprint density at radius 3 is 2.65 bits per heavy atom.